The quantitative estimate of drug-likeness (QED) is 0.648. The number of rotatable bonds is 4. The van der Waals surface area contributed by atoms with E-state index in [-0.39, 0.29) is 11.7 Å². The fraction of sp³-hybridized carbons (Fsp3) is 0.312. The second-order valence-corrected chi connectivity index (χ2v) is 4.84. The minimum atomic E-state index is 0.0402. The fourth-order valence-electron chi connectivity index (χ4n) is 2.30. The van der Waals surface area contributed by atoms with Gasteiger partial charge in [0.05, 0.1) is 0 Å². The lowest BCUT2D eigenvalue weighted by Gasteiger charge is -2.12. The number of hydrogen-bond acceptors (Lipinski definition) is 2. The molecule has 2 N–H and O–H groups in total. The van der Waals surface area contributed by atoms with Gasteiger partial charge in [0.2, 0.25) is 0 Å². The van der Waals surface area contributed by atoms with Crippen LogP contribution in [0.3, 0.4) is 0 Å². The highest BCUT2D eigenvalue weighted by Gasteiger charge is 2.17. The van der Waals surface area contributed by atoms with Crippen LogP contribution in [0.15, 0.2) is 36.4 Å². The summed E-state index contributed by atoms with van der Waals surface area (Å²) in [5.74, 6) is 0.193. The minimum absolute atomic E-state index is 0.0402. The zero-order chi connectivity index (χ0) is 13.1. The van der Waals surface area contributed by atoms with Crippen LogP contribution >= 0.6 is 0 Å². The zero-order valence-corrected chi connectivity index (χ0v) is 10.9. The molecule has 18 heavy (non-hydrogen) atoms. The second kappa shape index (κ2) is 5.21. The normalized spacial score (nSPS) is 12.6. The van der Waals surface area contributed by atoms with E-state index in [4.69, 9.17) is 5.73 Å². The number of benzene rings is 2. The molecule has 0 aliphatic carbocycles. The van der Waals surface area contributed by atoms with Gasteiger partial charge in [0.15, 0.2) is 5.78 Å². The van der Waals surface area contributed by atoms with Gasteiger partial charge in [0.25, 0.3) is 0 Å². The van der Waals surface area contributed by atoms with E-state index in [2.05, 4.69) is 6.92 Å². The first-order valence-electron chi connectivity index (χ1n) is 6.46. The summed E-state index contributed by atoms with van der Waals surface area (Å²) >= 11 is 0. The molecular weight excluding hydrogens is 222 g/mol. The van der Waals surface area contributed by atoms with Gasteiger partial charge in [-0.3, -0.25) is 4.79 Å². The first-order valence-corrected chi connectivity index (χ1v) is 6.46. The maximum absolute atomic E-state index is 12.3. The molecule has 1 atom stereocenters. The largest absolute Gasteiger partial charge is 0.398 e. The Morgan fingerprint density at radius 3 is 2.44 bits per heavy atom. The zero-order valence-electron chi connectivity index (χ0n) is 10.9. The number of hydrogen-bond donors (Lipinski definition) is 1. The number of fused-ring (bicyclic) bond motifs is 1. The predicted molar refractivity (Wildman–Crippen MR) is 76.8 cm³/mol. The lowest BCUT2D eigenvalue weighted by molar-refractivity contribution is 0.0924. The number of ketones is 1. The molecule has 0 saturated heterocycles. The fourth-order valence-corrected chi connectivity index (χ4v) is 2.30. The molecule has 0 heterocycles. The highest BCUT2D eigenvalue weighted by atomic mass is 16.1. The molecule has 0 fully saturated rings. The predicted octanol–water partition coefficient (Wildman–Crippen LogP) is 4.04. The Kier molecular flexibility index (Phi) is 3.66. The molecule has 0 radical (unpaired) electrons. The van der Waals surface area contributed by atoms with Gasteiger partial charge in [-0.05, 0) is 29.3 Å². The van der Waals surface area contributed by atoms with E-state index in [1.54, 1.807) is 0 Å². The number of anilines is 1. The van der Waals surface area contributed by atoms with E-state index in [0.29, 0.717) is 11.3 Å². The molecular formula is C16H19NO. The van der Waals surface area contributed by atoms with Crippen molar-refractivity contribution in [2.45, 2.75) is 26.7 Å². The highest BCUT2D eigenvalue weighted by Crippen LogP contribution is 2.25. The first kappa shape index (κ1) is 12.6. The van der Waals surface area contributed by atoms with Crippen LogP contribution in [-0.4, -0.2) is 5.78 Å². The van der Waals surface area contributed by atoms with Gasteiger partial charge in [-0.15, -0.1) is 0 Å². The molecule has 2 rings (SSSR count). The summed E-state index contributed by atoms with van der Waals surface area (Å²) in [5.41, 5.74) is 7.25. The summed E-state index contributed by atoms with van der Waals surface area (Å²) in [6, 6.07) is 11.8. The number of carbonyl (C=O) groups is 1. The number of nitrogens with two attached hydrogens (primary N) is 1. The van der Waals surface area contributed by atoms with Crippen molar-refractivity contribution in [2.75, 3.05) is 5.73 Å². The van der Waals surface area contributed by atoms with Crippen molar-refractivity contribution in [1.29, 1.82) is 0 Å². The standard InChI is InChI=1S/C16H19NO/c1-3-6-11(2)16(18)14-9-12-7-4-5-8-13(12)10-15(14)17/h4-5,7-11H,3,6,17H2,1-2H3. The van der Waals surface area contributed by atoms with Gasteiger partial charge in [-0.2, -0.15) is 0 Å². The average Bonchev–Trinajstić information content (AvgIpc) is 2.37. The Morgan fingerprint density at radius 1 is 1.22 bits per heavy atom. The van der Waals surface area contributed by atoms with Crippen LogP contribution in [0.1, 0.15) is 37.0 Å². The smallest absolute Gasteiger partial charge is 0.167 e. The Labute approximate surface area is 108 Å². The molecule has 2 heteroatoms. The van der Waals surface area contributed by atoms with Crippen molar-refractivity contribution < 1.29 is 4.79 Å². The second-order valence-electron chi connectivity index (χ2n) is 4.84. The van der Waals surface area contributed by atoms with Gasteiger partial charge in [0, 0.05) is 17.2 Å². The maximum Gasteiger partial charge on any atom is 0.167 e. The number of carbonyl (C=O) groups excluding carboxylic acids is 1. The molecule has 94 valence electrons. The summed E-state index contributed by atoms with van der Waals surface area (Å²) in [7, 11) is 0. The van der Waals surface area contributed by atoms with Crippen LogP contribution in [0.25, 0.3) is 10.8 Å². The van der Waals surface area contributed by atoms with Crippen molar-refractivity contribution in [2.24, 2.45) is 5.92 Å². The van der Waals surface area contributed by atoms with Crippen molar-refractivity contribution >= 4 is 22.2 Å². The van der Waals surface area contributed by atoms with E-state index >= 15 is 0 Å². The third-order valence-corrected chi connectivity index (χ3v) is 3.35. The van der Waals surface area contributed by atoms with Crippen LogP contribution in [0, 0.1) is 5.92 Å². The van der Waals surface area contributed by atoms with Crippen LogP contribution in [0.4, 0.5) is 5.69 Å². The molecule has 0 bridgehead atoms. The summed E-state index contributed by atoms with van der Waals surface area (Å²) < 4.78 is 0. The Morgan fingerprint density at radius 2 is 1.83 bits per heavy atom. The van der Waals surface area contributed by atoms with Crippen LogP contribution in [-0.2, 0) is 0 Å². The van der Waals surface area contributed by atoms with Gasteiger partial charge in [0.1, 0.15) is 0 Å². The third-order valence-electron chi connectivity index (χ3n) is 3.35. The third kappa shape index (κ3) is 2.37. The van der Waals surface area contributed by atoms with Crippen LogP contribution in [0.5, 0.6) is 0 Å². The summed E-state index contributed by atoms with van der Waals surface area (Å²) in [4.78, 5) is 12.3. The van der Waals surface area contributed by atoms with E-state index in [1.165, 1.54) is 0 Å². The van der Waals surface area contributed by atoms with E-state index < -0.39 is 0 Å². The SMILES string of the molecule is CCCC(C)C(=O)c1cc2ccccc2cc1N. The van der Waals surface area contributed by atoms with Crippen molar-refractivity contribution in [3.63, 3.8) is 0 Å². The molecule has 0 saturated carbocycles. The van der Waals surface area contributed by atoms with E-state index in [1.807, 2.05) is 43.3 Å². The van der Waals surface area contributed by atoms with Crippen molar-refractivity contribution in [3.05, 3.63) is 42.0 Å². The Hall–Kier alpha value is -1.83. The average molecular weight is 241 g/mol. The maximum atomic E-state index is 12.3. The number of nitrogen functional groups attached to an aromatic ring is 1. The van der Waals surface area contributed by atoms with Gasteiger partial charge < -0.3 is 5.73 Å². The lowest BCUT2D eigenvalue weighted by atomic mass is 9.93. The summed E-state index contributed by atoms with van der Waals surface area (Å²) in [5, 5.41) is 2.15. The summed E-state index contributed by atoms with van der Waals surface area (Å²) in [6.07, 6.45) is 1.92. The highest BCUT2D eigenvalue weighted by molar-refractivity contribution is 6.06. The molecule has 0 aromatic heterocycles. The van der Waals surface area contributed by atoms with Crippen LogP contribution < -0.4 is 5.73 Å². The molecule has 2 aromatic rings. The van der Waals surface area contributed by atoms with Gasteiger partial charge in [-0.25, -0.2) is 0 Å². The van der Waals surface area contributed by atoms with Crippen molar-refractivity contribution in [1.82, 2.24) is 0 Å². The van der Waals surface area contributed by atoms with Crippen molar-refractivity contribution in [3.8, 4) is 0 Å². The van der Waals surface area contributed by atoms with E-state index in [9.17, 15) is 4.79 Å². The number of Topliss-reactive ketones (excluding diaryl/α,β-unsaturated/α-hetero) is 1. The molecule has 1 unspecified atom stereocenters. The van der Waals surface area contributed by atoms with Gasteiger partial charge in [-0.1, -0.05) is 44.5 Å². The van der Waals surface area contributed by atoms with E-state index in [0.717, 1.165) is 23.6 Å². The Balaban J connectivity index is 2.44. The molecule has 2 nitrogen and oxygen atoms in total. The van der Waals surface area contributed by atoms with Crippen LogP contribution in [0.2, 0.25) is 0 Å². The lowest BCUT2D eigenvalue weighted by Crippen LogP contribution is -2.13. The topological polar surface area (TPSA) is 43.1 Å². The molecule has 0 spiro atoms. The van der Waals surface area contributed by atoms with Gasteiger partial charge >= 0.3 is 0 Å². The monoisotopic (exact) mass is 241 g/mol. The minimum Gasteiger partial charge on any atom is -0.398 e. The molecule has 2 aromatic carbocycles. The molecule has 0 aliphatic rings. The first-order chi connectivity index (χ1) is 8.63. The Bertz CT molecular complexity index is 574. The summed E-state index contributed by atoms with van der Waals surface area (Å²) in [6.45, 7) is 4.06. The molecule has 0 aliphatic heterocycles. The molecule has 0 amide bonds.